The van der Waals surface area contributed by atoms with Gasteiger partial charge in [0, 0.05) is 16.4 Å². The molecule has 3 nitrogen and oxygen atoms in total. The smallest absolute Gasteiger partial charge is 0.125 e. The zero-order chi connectivity index (χ0) is 12.3. The third kappa shape index (κ3) is 3.41. The van der Waals surface area contributed by atoms with Gasteiger partial charge in [0.05, 0.1) is 17.3 Å². The summed E-state index contributed by atoms with van der Waals surface area (Å²) in [6.45, 7) is 2.54. The van der Waals surface area contributed by atoms with Gasteiger partial charge in [-0.3, -0.25) is 0 Å². The summed E-state index contributed by atoms with van der Waals surface area (Å²) in [6.07, 6.45) is 1.76. The molecule has 88 valence electrons. The van der Waals surface area contributed by atoms with E-state index in [1.165, 1.54) is 0 Å². The van der Waals surface area contributed by atoms with E-state index in [0.29, 0.717) is 11.6 Å². The van der Waals surface area contributed by atoms with Crippen LogP contribution in [0.4, 0.5) is 5.69 Å². The predicted octanol–water partition coefficient (Wildman–Crippen LogP) is 3.81. The molecule has 0 saturated carbocycles. The molecule has 0 bridgehead atoms. The van der Waals surface area contributed by atoms with Crippen LogP contribution in [-0.2, 0) is 6.54 Å². The lowest BCUT2D eigenvalue weighted by molar-refractivity contribution is 0.955. The normalized spacial score (nSPS) is 10.3. The largest absolute Gasteiger partial charge is 0.379 e. The van der Waals surface area contributed by atoms with Crippen LogP contribution in [0.3, 0.4) is 0 Å². The molecule has 1 heterocycles. The van der Waals surface area contributed by atoms with E-state index < -0.39 is 0 Å². The van der Waals surface area contributed by atoms with Gasteiger partial charge in [-0.25, -0.2) is 9.97 Å². The van der Waals surface area contributed by atoms with Crippen molar-refractivity contribution >= 4 is 33.2 Å². The fraction of sp³-hybridized carbons (Fsp3) is 0.167. The summed E-state index contributed by atoms with van der Waals surface area (Å²) >= 11 is 9.31. The first kappa shape index (κ1) is 12.3. The number of hydrogen-bond donors (Lipinski definition) is 1. The molecule has 0 aliphatic carbocycles. The fourth-order valence-corrected chi connectivity index (χ4v) is 1.90. The number of nitrogens with one attached hydrogen (secondary N) is 1. The molecule has 2 aromatic rings. The Balaban J connectivity index is 2.05. The first-order valence-electron chi connectivity index (χ1n) is 5.12. The van der Waals surface area contributed by atoms with Crippen LogP contribution in [0.5, 0.6) is 0 Å². The molecule has 2 rings (SSSR count). The first-order chi connectivity index (χ1) is 8.15. The molecule has 0 aliphatic rings. The Morgan fingerprint density at radius 1 is 1.35 bits per heavy atom. The van der Waals surface area contributed by atoms with Crippen molar-refractivity contribution in [3.05, 3.63) is 51.5 Å². The number of aromatic nitrogens is 2. The maximum Gasteiger partial charge on any atom is 0.125 e. The quantitative estimate of drug-likeness (QED) is 0.936. The Morgan fingerprint density at radius 2 is 2.18 bits per heavy atom. The minimum atomic E-state index is 0.664. The van der Waals surface area contributed by atoms with E-state index >= 15 is 0 Å². The molecule has 1 aromatic heterocycles. The zero-order valence-corrected chi connectivity index (χ0v) is 11.6. The van der Waals surface area contributed by atoms with Gasteiger partial charge in [-0.05, 0) is 47.1 Å². The lowest BCUT2D eigenvalue weighted by Gasteiger charge is -2.07. The third-order valence-electron chi connectivity index (χ3n) is 2.23. The number of anilines is 1. The van der Waals surface area contributed by atoms with E-state index in [0.717, 1.165) is 21.7 Å². The van der Waals surface area contributed by atoms with Crippen molar-refractivity contribution in [3.8, 4) is 0 Å². The van der Waals surface area contributed by atoms with E-state index in [1.54, 1.807) is 6.20 Å². The molecular weight excluding hydrogens is 302 g/mol. The number of halogens is 2. The summed E-state index contributed by atoms with van der Waals surface area (Å²) in [5, 5.41) is 3.98. The highest BCUT2D eigenvalue weighted by Crippen LogP contribution is 2.25. The Bertz CT molecular complexity index is 531. The van der Waals surface area contributed by atoms with Gasteiger partial charge >= 0.3 is 0 Å². The number of benzene rings is 1. The standard InChI is InChI=1S/C12H11BrClN3/c1-8-15-5-4-10(17-8)7-16-9-2-3-12(14)11(13)6-9/h2-6,16H,7H2,1H3. The zero-order valence-electron chi connectivity index (χ0n) is 9.24. The van der Waals surface area contributed by atoms with E-state index in [9.17, 15) is 0 Å². The number of hydrogen-bond acceptors (Lipinski definition) is 3. The molecule has 0 spiro atoms. The lowest BCUT2D eigenvalue weighted by atomic mass is 10.3. The number of nitrogens with zero attached hydrogens (tertiary/aromatic N) is 2. The van der Waals surface area contributed by atoms with E-state index in [4.69, 9.17) is 11.6 Å². The van der Waals surface area contributed by atoms with E-state index in [1.807, 2.05) is 31.2 Å². The van der Waals surface area contributed by atoms with Crippen LogP contribution in [0.2, 0.25) is 5.02 Å². The molecular formula is C12H11BrClN3. The summed E-state index contributed by atoms with van der Waals surface area (Å²) in [6, 6.07) is 7.61. The highest BCUT2D eigenvalue weighted by Gasteiger charge is 2.00. The number of aryl methyl sites for hydroxylation is 1. The molecule has 0 atom stereocenters. The summed E-state index contributed by atoms with van der Waals surface area (Å²) in [4.78, 5) is 8.37. The molecule has 17 heavy (non-hydrogen) atoms. The van der Waals surface area contributed by atoms with Crippen molar-refractivity contribution in [1.29, 1.82) is 0 Å². The first-order valence-corrected chi connectivity index (χ1v) is 6.30. The average Bonchev–Trinajstić information content (AvgIpc) is 2.31. The van der Waals surface area contributed by atoms with Crippen molar-refractivity contribution < 1.29 is 0 Å². The van der Waals surface area contributed by atoms with Crippen LogP contribution in [0.25, 0.3) is 0 Å². The maximum absolute atomic E-state index is 5.92. The van der Waals surface area contributed by atoms with Crippen molar-refractivity contribution in [2.75, 3.05) is 5.32 Å². The van der Waals surface area contributed by atoms with Gasteiger partial charge in [0.25, 0.3) is 0 Å². The highest BCUT2D eigenvalue weighted by molar-refractivity contribution is 9.10. The minimum Gasteiger partial charge on any atom is -0.379 e. The van der Waals surface area contributed by atoms with Crippen LogP contribution >= 0.6 is 27.5 Å². The fourth-order valence-electron chi connectivity index (χ4n) is 1.40. The van der Waals surface area contributed by atoms with Crippen molar-refractivity contribution in [2.24, 2.45) is 0 Å². The molecule has 0 saturated heterocycles. The topological polar surface area (TPSA) is 37.8 Å². The Labute approximate surface area is 113 Å². The number of rotatable bonds is 3. The lowest BCUT2D eigenvalue weighted by Crippen LogP contribution is -2.03. The van der Waals surface area contributed by atoms with Crippen molar-refractivity contribution in [2.45, 2.75) is 13.5 Å². The maximum atomic E-state index is 5.92. The van der Waals surface area contributed by atoms with Crippen molar-refractivity contribution in [1.82, 2.24) is 9.97 Å². The second-order valence-electron chi connectivity index (χ2n) is 3.58. The van der Waals surface area contributed by atoms with Gasteiger partial charge in [-0.1, -0.05) is 11.6 Å². The van der Waals surface area contributed by atoms with Gasteiger partial charge in [-0.15, -0.1) is 0 Å². The molecule has 1 aromatic carbocycles. The summed E-state index contributed by atoms with van der Waals surface area (Å²) < 4.78 is 0.878. The minimum absolute atomic E-state index is 0.664. The van der Waals surface area contributed by atoms with Gasteiger partial charge in [-0.2, -0.15) is 0 Å². The molecule has 0 unspecified atom stereocenters. The van der Waals surface area contributed by atoms with Crippen molar-refractivity contribution in [3.63, 3.8) is 0 Å². The Hall–Kier alpha value is -1.13. The second-order valence-corrected chi connectivity index (χ2v) is 4.84. The molecule has 0 amide bonds. The predicted molar refractivity (Wildman–Crippen MR) is 73.2 cm³/mol. The van der Waals surface area contributed by atoms with Gasteiger partial charge < -0.3 is 5.32 Å². The summed E-state index contributed by atoms with van der Waals surface area (Å²) in [5.74, 6) is 0.779. The van der Waals surface area contributed by atoms with Gasteiger partial charge in [0.1, 0.15) is 5.82 Å². The third-order valence-corrected chi connectivity index (χ3v) is 3.44. The Kier molecular flexibility index (Phi) is 3.97. The molecule has 0 fully saturated rings. The van der Waals surface area contributed by atoms with E-state index in [-0.39, 0.29) is 0 Å². The monoisotopic (exact) mass is 311 g/mol. The van der Waals surface area contributed by atoms with E-state index in [2.05, 4.69) is 31.2 Å². The van der Waals surface area contributed by atoms with Crippen LogP contribution < -0.4 is 5.32 Å². The van der Waals surface area contributed by atoms with Crippen LogP contribution in [-0.4, -0.2) is 9.97 Å². The SMILES string of the molecule is Cc1nccc(CNc2ccc(Cl)c(Br)c2)n1. The Morgan fingerprint density at radius 3 is 2.88 bits per heavy atom. The molecule has 5 heteroatoms. The van der Waals surface area contributed by atoms with Gasteiger partial charge in [0.2, 0.25) is 0 Å². The molecule has 0 aliphatic heterocycles. The summed E-state index contributed by atoms with van der Waals surface area (Å²) in [5.41, 5.74) is 1.96. The van der Waals surface area contributed by atoms with Crippen LogP contribution in [0.15, 0.2) is 34.9 Å². The second kappa shape index (κ2) is 5.47. The van der Waals surface area contributed by atoms with Crippen LogP contribution in [0.1, 0.15) is 11.5 Å². The highest BCUT2D eigenvalue weighted by atomic mass is 79.9. The summed E-state index contributed by atoms with van der Waals surface area (Å²) in [7, 11) is 0. The van der Waals surface area contributed by atoms with Gasteiger partial charge in [0.15, 0.2) is 0 Å². The molecule has 0 radical (unpaired) electrons. The average molecular weight is 313 g/mol. The van der Waals surface area contributed by atoms with Crippen LogP contribution in [0, 0.1) is 6.92 Å². The molecule has 1 N–H and O–H groups in total.